The average molecular weight is 344 g/mol. The molecule has 2 aliphatic rings. The molecule has 0 bridgehead atoms. The highest BCUT2D eigenvalue weighted by atomic mass is 16.2. The number of carbonyl (C=O) groups excluding carboxylic acids is 2. The number of hydrogen-bond donors (Lipinski definition) is 0. The molecule has 6 heteroatoms. The number of likely N-dealkylation sites (tertiary alicyclic amines) is 1. The Bertz CT molecular complexity index is 597. The summed E-state index contributed by atoms with van der Waals surface area (Å²) in [6, 6.07) is 3.51. The quantitative estimate of drug-likeness (QED) is 0.812. The van der Waals surface area contributed by atoms with Crippen LogP contribution in [0.15, 0.2) is 24.5 Å². The van der Waals surface area contributed by atoms with E-state index in [1.165, 1.54) is 0 Å². The number of piperazine rings is 1. The van der Waals surface area contributed by atoms with Gasteiger partial charge in [0.05, 0.1) is 6.04 Å². The van der Waals surface area contributed by atoms with Gasteiger partial charge >= 0.3 is 0 Å². The Morgan fingerprint density at radius 3 is 2.48 bits per heavy atom. The fraction of sp³-hybridized carbons (Fsp3) is 0.632. The van der Waals surface area contributed by atoms with E-state index in [0.717, 1.165) is 39.0 Å². The van der Waals surface area contributed by atoms with E-state index in [4.69, 9.17) is 0 Å². The molecule has 2 fully saturated rings. The maximum atomic E-state index is 12.7. The molecular weight excluding hydrogens is 316 g/mol. The van der Waals surface area contributed by atoms with Crippen molar-refractivity contribution in [2.45, 2.75) is 32.7 Å². The van der Waals surface area contributed by atoms with Gasteiger partial charge in [0.15, 0.2) is 0 Å². The van der Waals surface area contributed by atoms with Crippen LogP contribution in [0.4, 0.5) is 0 Å². The summed E-state index contributed by atoms with van der Waals surface area (Å²) in [5.41, 5.74) is 0.681. The van der Waals surface area contributed by atoms with Gasteiger partial charge in [0.25, 0.3) is 5.91 Å². The summed E-state index contributed by atoms with van der Waals surface area (Å²) in [6.07, 6.45) is 5.26. The molecule has 3 heterocycles. The Labute approximate surface area is 149 Å². The fourth-order valence-electron chi connectivity index (χ4n) is 3.61. The zero-order valence-corrected chi connectivity index (χ0v) is 15.2. The van der Waals surface area contributed by atoms with Gasteiger partial charge < -0.3 is 9.80 Å². The van der Waals surface area contributed by atoms with Gasteiger partial charge in [-0.3, -0.25) is 19.5 Å². The molecule has 3 rings (SSSR count). The highest BCUT2D eigenvalue weighted by molar-refractivity contribution is 5.94. The summed E-state index contributed by atoms with van der Waals surface area (Å²) in [7, 11) is 0. The molecule has 25 heavy (non-hydrogen) atoms. The minimum atomic E-state index is 0.00494. The summed E-state index contributed by atoms with van der Waals surface area (Å²) in [5, 5.41) is 0. The van der Waals surface area contributed by atoms with E-state index in [2.05, 4.69) is 23.7 Å². The first kappa shape index (κ1) is 17.9. The van der Waals surface area contributed by atoms with E-state index in [-0.39, 0.29) is 17.9 Å². The number of aromatic nitrogens is 1. The second-order valence-corrected chi connectivity index (χ2v) is 7.38. The molecular formula is C19H28N4O2. The van der Waals surface area contributed by atoms with Crippen LogP contribution in [0.3, 0.4) is 0 Å². The third kappa shape index (κ3) is 4.18. The monoisotopic (exact) mass is 344 g/mol. The third-order valence-corrected chi connectivity index (χ3v) is 5.22. The summed E-state index contributed by atoms with van der Waals surface area (Å²) in [5.74, 6) is 0.947. The first-order valence-electron chi connectivity index (χ1n) is 9.28. The molecule has 0 radical (unpaired) electrons. The smallest absolute Gasteiger partial charge is 0.254 e. The number of nitrogens with zero attached hydrogens (tertiary/aromatic N) is 4. The predicted molar refractivity (Wildman–Crippen MR) is 96.2 cm³/mol. The highest BCUT2D eigenvalue weighted by Crippen LogP contribution is 2.20. The first-order valence-corrected chi connectivity index (χ1v) is 9.28. The molecule has 6 nitrogen and oxygen atoms in total. The van der Waals surface area contributed by atoms with Gasteiger partial charge in [0.1, 0.15) is 0 Å². The van der Waals surface area contributed by atoms with Gasteiger partial charge in [-0.25, -0.2) is 0 Å². The van der Waals surface area contributed by atoms with Crippen molar-refractivity contribution in [2.24, 2.45) is 5.92 Å². The van der Waals surface area contributed by atoms with Crippen LogP contribution >= 0.6 is 0 Å². The molecule has 136 valence electrons. The molecule has 0 saturated carbocycles. The van der Waals surface area contributed by atoms with Crippen molar-refractivity contribution in [2.75, 3.05) is 39.3 Å². The summed E-state index contributed by atoms with van der Waals surface area (Å²) >= 11 is 0. The van der Waals surface area contributed by atoms with Crippen molar-refractivity contribution in [3.8, 4) is 0 Å². The molecule has 0 spiro atoms. The van der Waals surface area contributed by atoms with Gasteiger partial charge in [-0.2, -0.15) is 0 Å². The Morgan fingerprint density at radius 1 is 1.16 bits per heavy atom. The molecule has 2 aliphatic heterocycles. The first-order chi connectivity index (χ1) is 12.1. The molecule has 1 aromatic heterocycles. The van der Waals surface area contributed by atoms with E-state index in [1.807, 2.05) is 9.80 Å². The third-order valence-electron chi connectivity index (χ3n) is 5.22. The number of amides is 2. The standard InChI is InChI=1S/C19H28N4O2/c1-15(2)5-9-22-10-6-17(19(22)25)21-11-13-23(14-12-21)18(24)16-3-7-20-8-4-16/h3-4,7-8,15,17H,5-6,9-14H2,1-2H3. The topological polar surface area (TPSA) is 56.8 Å². The normalized spacial score (nSPS) is 22.0. The van der Waals surface area contributed by atoms with E-state index < -0.39 is 0 Å². The Balaban J connectivity index is 1.51. The van der Waals surface area contributed by atoms with E-state index in [9.17, 15) is 9.59 Å². The maximum absolute atomic E-state index is 12.7. The van der Waals surface area contributed by atoms with Crippen LogP contribution in [0.25, 0.3) is 0 Å². The van der Waals surface area contributed by atoms with E-state index in [1.54, 1.807) is 24.5 Å². The molecule has 0 aromatic carbocycles. The van der Waals surface area contributed by atoms with Crippen molar-refractivity contribution >= 4 is 11.8 Å². The summed E-state index contributed by atoms with van der Waals surface area (Å²) in [6.45, 7) is 9.01. The number of carbonyl (C=O) groups is 2. The van der Waals surface area contributed by atoms with E-state index >= 15 is 0 Å². The molecule has 1 unspecified atom stereocenters. The molecule has 2 amide bonds. The van der Waals surface area contributed by atoms with Crippen LogP contribution in [-0.4, -0.2) is 76.8 Å². The molecule has 1 atom stereocenters. The largest absolute Gasteiger partial charge is 0.341 e. The lowest BCUT2D eigenvalue weighted by atomic mass is 10.1. The Kier molecular flexibility index (Phi) is 5.68. The van der Waals surface area contributed by atoms with Crippen LogP contribution in [0, 0.1) is 5.92 Å². The fourth-order valence-corrected chi connectivity index (χ4v) is 3.61. The van der Waals surface area contributed by atoms with Crippen molar-refractivity contribution < 1.29 is 9.59 Å². The van der Waals surface area contributed by atoms with Gasteiger partial charge in [-0.1, -0.05) is 13.8 Å². The van der Waals surface area contributed by atoms with Crippen molar-refractivity contribution in [1.82, 2.24) is 19.7 Å². The van der Waals surface area contributed by atoms with Crippen molar-refractivity contribution in [3.63, 3.8) is 0 Å². The second-order valence-electron chi connectivity index (χ2n) is 7.38. The van der Waals surface area contributed by atoms with Crippen LogP contribution in [0.1, 0.15) is 37.0 Å². The summed E-state index contributed by atoms with van der Waals surface area (Å²) in [4.78, 5) is 35.3. The maximum Gasteiger partial charge on any atom is 0.254 e. The van der Waals surface area contributed by atoms with Crippen LogP contribution in [0.2, 0.25) is 0 Å². The Hall–Kier alpha value is -1.95. The second kappa shape index (κ2) is 7.95. The highest BCUT2D eigenvalue weighted by Gasteiger charge is 2.37. The van der Waals surface area contributed by atoms with Gasteiger partial charge in [0.2, 0.25) is 5.91 Å². The Morgan fingerprint density at radius 2 is 1.84 bits per heavy atom. The van der Waals surface area contributed by atoms with Crippen molar-refractivity contribution in [3.05, 3.63) is 30.1 Å². The molecule has 2 saturated heterocycles. The van der Waals surface area contributed by atoms with E-state index in [0.29, 0.717) is 24.6 Å². The minimum absolute atomic E-state index is 0.00494. The van der Waals surface area contributed by atoms with Crippen LogP contribution in [0.5, 0.6) is 0 Å². The lowest BCUT2D eigenvalue weighted by Gasteiger charge is -2.37. The minimum Gasteiger partial charge on any atom is -0.341 e. The number of hydrogen-bond acceptors (Lipinski definition) is 4. The van der Waals surface area contributed by atoms with Crippen LogP contribution in [-0.2, 0) is 4.79 Å². The number of pyridine rings is 1. The van der Waals surface area contributed by atoms with Gasteiger partial charge in [0, 0.05) is 57.2 Å². The lowest BCUT2D eigenvalue weighted by Crippen LogP contribution is -2.53. The molecule has 0 aliphatic carbocycles. The predicted octanol–water partition coefficient (Wildman–Crippen LogP) is 1.49. The van der Waals surface area contributed by atoms with Gasteiger partial charge in [-0.15, -0.1) is 0 Å². The number of rotatable bonds is 5. The SMILES string of the molecule is CC(C)CCN1CCC(N2CCN(C(=O)c3ccncc3)CC2)C1=O. The zero-order valence-electron chi connectivity index (χ0n) is 15.2. The van der Waals surface area contributed by atoms with Gasteiger partial charge in [-0.05, 0) is 30.9 Å². The summed E-state index contributed by atoms with van der Waals surface area (Å²) < 4.78 is 0. The average Bonchev–Trinajstić information content (AvgIpc) is 3.01. The van der Waals surface area contributed by atoms with Crippen LogP contribution < -0.4 is 0 Å². The lowest BCUT2D eigenvalue weighted by molar-refractivity contribution is -0.132. The molecule has 1 aromatic rings. The zero-order chi connectivity index (χ0) is 17.8. The van der Waals surface area contributed by atoms with Crippen molar-refractivity contribution in [1.29, 1.82) is 0 Å². The molecule has 0 N–H and O–H groups in total.